The third-order valence-electron chi connectivity index (χ3n) is 4.09. The number of rotatable bonds is 5. The van der Waals surface area contributed by atoms with Crippen LogP contribution in [0.2, 0.25) is 0 Å². The topological polar surface area (TPSA) is 86.4 Å². The lowest BCUT2D eigenvalue weighted by molar-refractivity contribution is -0.608. The molecule has 0 saturated heterocycles. The lowest BCUT2D eigenvalue weighted by Crippen LogP contribution is -2.34. The van der Waals surface area contributed by atoms with Crippen LogP contribution in [0.4, 0.5) is 10.8 Å². The number of aryl methyl sites for hydroxylation is 2. The molecule has 1 aromatic carbocycles. The molecule has 0 spiro atoms. The number of esters is 1. The molecule has 0 N–H and O–H groups in total. The fourth-order valence-corrected chi connectivity index (χ4v) is 3.67. The zero-order valence-electron chi connectivity index (χ0n) is 15.7. The van der Waals surface area contributed by atoms with Gasteiger partial charge in [0.2, 0.25) is 5.91 Å². The number of amides is 1. The SMILES string of the molecule is CC(=O)N(c1nc(COC(=O)c2cccc[n+]2[O-])cs1)c1c(C)cccc1C. The molecular formula is C20H19N3O4S. The molecule has 28 heavy (non-hydrogen) atoms. The maximum Gasteiger partial charge on any atom is 0.405 e. The van der Waals surface area contributed by atoms with E-state index >= 15 is 0 Å². The Labute approximate surface area is 166 Å². The van der Waals surface area contributed by atoms with Crippen molar-refractivity contribution >= 4 is 34.0 Å². The number of hydrogen-bond donors (Lipinski definition) is 0. The molecule has 0 radical (unpaired) electrons. The summed E-state index contributed by atoms with van der Waals surface area (Å²) in [6, 6.07) is 10.3. The minimum Gasteiger partial charge on any atom is -0.618 e. The number of nitrogens with zero attached hydrogens (tertiary/aromatic N) is 3. The number of carbonyl (C=O) groups is 2. The van der Waals surface area contributed by atoms with Crippen LogP contribution in [0.1, 0.15) is 34.2 Å². The van der Waals surface area contributed by atoms with E-state index in [4.69, 9.17) is 4.74 Å². The Kier molecular flexibility index (Phi) is 5.70. The molecule has 0 saturated carbocycles. The molecular weight excluding hydrogens is 378 g/mol. The summed E-state index contributed by atoms with van der Waals surface area (Å²) in [5, 5.41) is 13.8. The molecule has 1 amide bonds. The second kappa shape index (κ2) is 8.18. The Morgan fingerprint density at radius 1 is 1.18 bits per heavy atom. The number of ether oxygens (including phenoxy) is 1. The van der Waals surface area contributed by atoms with Gasteiger partial charge in [0.1, 0.15) is 6.61 Å². The van der Waals surface area contributed by atoms with E-state index in [1.54, 1.807) is 16.3 Å². The van der Waals surface area contributed by atoms with Gasteiger partial charge in [-0.15, -0.1) is 11.3 Å². The van der Waals surface area contributed by atoms with Crippen LogP contribution in [-0.4, -0.2) is 16.9 Å². The van der Waals surface area contributed by atoms with E-state index in [1.165, 1.54) is 36.6 Å². The fraction of sp³-hybridized carbons (Fsp3) is 0.200. The van der Waals surface area contributed by atoms with E-state index in [2.05, 4.69) is 4.98 Å². The zero-order valence-corrected chi connectivity index (χ0v) is 16.5. The van der Waals surface area contributed by atoms with Crippen molar-refractivity contribution in [2.75, 3.05) is 4.90 Å². The Balaban J connectivity index is 1.79. The number of pyridine rings is 1. The molecule has 2 aromatic heterocycles. The van der Waals surface area contributed by atoms with Gasteiger partial charge < -0.3 is 9.94 Å². The van der Waals surface area contributed by atoms with Crippen LogP contribution in [-0.2, 0) is 16.1 Å². The largest absolute Gasteiger partial charge is 0.618 e. The highest BCUT2D eigenvalue weighted by atomic mass is 32.1. The van der Waals surface area contributed by atoms with Crippen molar-refractivity contribution in [2.45, 2.75) is 27.4 Å². The third-order valence-corrected chi connectivity index (χ3v) is 4.97. The van der Waals surface area contributed by atoms with E-state index in [9.17, 15) is 14.8 Å². The van der Waals surface area contributed by atoms with Crippen LogP contribution in [0.15, 0.2) is 48.0 Å². The van der Waals surface area contributed by atoms with Crippen molar-refractivity contribution < 1.29 is 19.1 Å². The Bertz CT molecular complexity index is 1010. The number of anilines is 2. The summed E-state index contributed by atoms with van der Waals surface area (Å²) < 4.78 is 5.63. The van der Waals surface area contributed by atoms with Gasteiger partial charge in [0.05, 0.1) is 11.4 Å². The van der Waals surface area contributed by atoms with Crippen molar-refractivity contribution in [3.05, 3.63) is 75.7 Å². The third kappa shape index (κ3) is 4.01. The molecule has 0 aliphatic carbocycles. The average Bonchev–Trinajstić information content (AvgIpc) is 3.11. The monoisotopic (exact) mass is 397 g/mol. The van der Waals surface area contributed by atoms with Crippen LogP contribution in [0, 0.1) is 19.1 Å². The van der Waals surface area contributed by atoms with E-state index in [1.807, 2.05) is 32.0 Å². The van der Waals surface area contributed by atoms with Gasteiger partial charge >= 0.3 is 11.7 Å². The summed E-state index contributed by atoms with van der Waals surface area (Å²) in [5.74, 6) is -0.893. The van der Waals surface area contributed by atoms with Gasteiger partial charge in [-0.1, -0.05) is 18.2 Å². The molecule has 7 nitrogen and oxygen atoms in total. The van der Waals surface area contributed by atoms with Crippen LogP contribution in [0.25, 0.3) is 0 Å². The molecule has 3 rings (SSSR count). The molecule has 2 heterocycles. The minimum absolute atomic E-state index is 0.0945. The molecule has 0 fully saturated rings. The Morgan fingerprint density at radius 2 is 1.89 bits per heavy atom. The quantitative estimate of drug-likeness (QED) is 0.374. The van der Waals surface area contributed by atoms with Gasteiger partial charge in [-0.25, -0.2) is 9.78 Å². The van der Waals surface area contributed by atoms with Crippen molar-refractivity contribution in [3.8, 4) is 0 Å². The predicted octanol–water partition coefficient (Wildman–Crippen LogP) is 3.43. The standard InChI is InChI=1S/C20H19N3O4S/c1-13-7-6-8-14(2)18(13)23(15(3)24)20-21-16(12-28-20)11-27-19(25)17-9-4-5-10-22(17)26/h4-10,12H,11H2,1-3H3. The molecule has 0 bridgehead atoms. The number of aromatic nitrogens is 2. The van der Waals surface area contributed by atoms with E-state index in [0.717, 1.165) is 16.8 Å². The summed E-state index contributed by atoms with van der Waals surface area (Å²) in [5.41, 5.74) is 3.12. The molecule has 0 unspecified atom stereocenters. The van der Waals surface area contributed by atoms with Crippen molar-refractivity contribution in [1.29, 1.82) is 0 Å². The average molecular weight is 397 g/mol. The fourth-order valence-electron chi connectivity index (χ4n) is 2.81. The second-order valence-corrected chi connectivity index (χ2v) is 7.04. The summed E-state index contributed by atoms with van der Waals surface area (Å²) in [7, 11) is 0. The van der Waals surface area contributed by atoms with Gasteiger partial charge in [-0.2, -0.15) is 4.73 Å². The lowest BCUT2D eigenvalue weighted by Gasteiger charge is -2.22. The number of para-hydroxylation sites is 1. The number of carbonyl (C=O) groups excluding carboxylic acids is 2. The number of thiazole rings is 1. The maximum absolute atomic E-state index is 12.3. The molecule has 3 aromatic rings. The summed E-state index contributed by atoms with van der Waals surface area (Å²) in [6.07, 6.45) is 1.23. The van der Waals surface area contributed by atoms with Crippen molar-refractivity contribution in [2.24, 2.45) is 0 Å². The first kappa shape index (κ1) is 19.5. The minimum atomic E-state index is -0.733. The first-order chi connectivity index (χ1) is 13.4. The van der Waals surface area contributed by atoms with Crippen LogP contribution >= 0.6 is 11.3 Å². The van der Waals surface area contributed by atoms with Crippen molar-refractivity contribution in [1.82, 2.24) is 4.98 Å². The molecule has 0 aliphatic heterocycles. The van der Waals surface area contributed by atoms with Crippen molar-refractivity contribution in [3.63, 3.8) is 0 Å². The van der Waals surface area contributed by atoms with Gasteiger partial charge in [0.25, 0.3) is 0 Å². The highest BCUT2D eigenvalue weighted by Crippen LogP contribution is 2.33. The first-order valence-electron chi connectivity index (χ1n) is 8.55. The lowest BCUT2D eigenvalue weighted by atomic mass is 10.1. The van der Waals surface area contributed by atoms with E-state index in [-0.39, 0.29) is 18.2 Å². The first-order valence-corrected chi connectivity index (χ1v) is 9.43. The number of benzene rings is 1. The van der Waals surface area contributed by atoms with E-state index < -0.39 is 5.97 Å². The van der Waals surface area contributed by atoms with E-state index in [0.29, 0.717) is 15.6 Å². The van der Waals surface area contributed by atoms with Crippen LogP contribution in [0.3, 0.4) is 0 Å². The Morgan fingerprint density at radius 3 is 2.54 bits per heavy atom. The highest BCUT2D eigenvalue weighted by Gasteiger charge is 2.22. The normalized spacial score (nSPS) is 10.5. The molecule has 144 valence electrons. The number of hydrogen-bond acceptors (Lipinski definition) is 6. The molecule has 0 aliphatic rings. The maximum atomic E-state index is 12.3. The van der Waals surface area contributed by atoms with Gasteiger partial charge in [-0.3, -0.25) is 9.69 Å². The van der Waals surface area contributed by atoms with Gasteiger partial charge in [0.15, 0.2) is 11.3 Å². The second-order valence-electron chi connectivity index (χ2n) is 6.20. The van der Waals surface area contributed by atoms with Crippen LogP contribution in [0.5, 0.6) is 0 Å². The summed E-state index contributed by atoms with van der Waals surface area (Å²) in [6.45, 7) is 5.26. The summed E-state index contributed by atoms with van der Waals surface area (Å²) >= 11 is 1.28. The van der Waals surface area contributed by atoms with Gasteiger partial charge in [-0.05, 0) is 31.0 Å². The predicted molar refractivity (Wildman–Crippen MR) is 105 cm³/mol. The summed E-state index contributed by atoms with van der Waals surface area (Å²) in [4.78, 5) is 30.4. The zero-order chi connectivity index (χ0) is 20.3. The molecule has 8 heteroatoms. The Hall–Kier alpha value is -3.26. The molecule has 0 atom stereocenters. The highest BCUT2D eigenvalue weighted by molar-refractivity contribution is 7.14. The van der Waals surface area contributed by atoms with Gasteiger partial charge in [0, 0.05) is 24.4 Å². The van der Waals surface area contributed by atoms with Crippen LogP contribution < -0.4 is 9.63 Å². The smallest absolute Gasteiger partial charge is 0.405 e.